The Morgan fingerprint density at radius 1 is 1.36 bits per heavy atom. The molecule has 0 radical (unpaired) electrons. The third-order valence-corrected chi connectivity index (χ3v) is 4.13. The molecule has 0 aliphatic carbocycles. The minimum absolute atomic E-state index is 0.0796. The zero-order valence-electron chi connectivity index (χ0n) is 13.4. The van der Waals surface area contributed by atoms with E-state index in [-0.39, 0.29) is 18.2 Å². The summed E-state index contributed by atoms with van der Waals surface area (Å²) in [7, 11) is 0. The highest BCUT2D eigenvalue weighted by molar-refractivity contribution is 14.1. The van der Waals surface area contributed by atoms with Gasteiger partial charge in [0.1, 0.15) is 0 Å². The second-order valence-corrected chi connectivity index (χ2v) is 6.53. The maximum atomic E-state index is 11.8. The second-order valence-electron chi connectivity index (χ2n) is 4.94. The number of nitrogens with zero attached hydrogens (tertiary/aromatic N) is 1. The summed E-state index contributed by atoms with van der Waals surface area (Å²) in [5.74, 6) is 0.187. The molecule has 0 saturated heterocycles. The average Bonchev–Trinajstić information content (AvgIpc) is 2.59. The van der Waals surface area contributed by atoms with Crippen LogP contribution in [-0.4, -0.2) is 30.4 Å². The van der Waals surface area contributed by atoms with Gasteiger partial charge in [-0.2, -0.15) is 5.10 Å². The fourth-order valence-electron chi connectivity index (χ4n) is 1.90. The molecule has 0 heterocycles. The Morgan fingerprint density at radius 2 is 2.08 bits per heavy atom. The lowest BCUT2D eigenvalue weighted by Crippen LogP contribution is -2.25. The predicted molar refractivity (Wildman–Crippen MR) is 108 cm³/mol. The van der Waals surface area contributed by atoms with Crippen molar-refractivity contribution < 1.29 is 14.6 Å². The molecule has 1 amide bonds. The van der Waals surface area contributed by atoms with Gasteiger partial charge in [-0.1, -0.05) is 11.6 Å². The number of carbonyl (C=O) groups is 1. The smallest absolute Gasteiger partial charge is 0.259 e. The summed E-state index contributed by atoms with van der Waals surface area (Å²) in [4.78, 5) is 11.8. The van der Waals surface area contributed by atoms with Gasteiger partial charge in [-0.25, -0.2) is 5.43 Å². The highest BCUT2D eigenvalue weighted by Gasteiger charge is 2.08. The molecular formula is C17H17ClIN3O3. The number of ether oxygens (including phenoxy) is 1. The summed E-state index contributed by atoms with van der Waals surface area (Å²) in [6, 6.07) is 10.4. The van der Waals surface area contributed by atoms with E-state index < -0.39 is 0 Å². The molecule has 2 aromatic rings. The van der Waals surface area contributed by atoms with E-state index in [1.54, 1.807) is 36.4 Å². The Balaban J connectivity index is 1.89. The fourth-order valence-corrected chi connectivity index (χ4v) is 2.65. The van der Waals surface area contributed by atoms with Crippen LogP contribution >= 0.6 is 34.2 Å². The molecule has 2 rings (SSSR count). The third-order valence-electron chi connectivity index (χ3n) is 3.05. The lowest BCUT2D eigenvalue weighted by atomic mass is 10.2. The second kappa shape index (κ2) is 9.47. The molecule has 0 atom stereocenters. The molecule has 6 nitrogen and oxygen atoms in total. The van der Waals surface area contributed by atoms with Gasteiger partial charge in [0, 0.05) is 10.7 Å². The number of hydrogen-bond acceptors (Lipinski definition) is 5. The van der Waals surface area contributed by atoms with Crippen molar-refractivity contribution in [3.05, 3.63) is 50.6 Å². The number of hydrazone groups is 1. The van der Waals surface area contributed by atoms with E-state index in [0.29, 0.717) is 26.5 Å². The number of rotatable bonds is 7. The van der Waals surface area contributed by atoms with E-state index in [1.165, 1.54) is 6.21 Å². The van der Waals surface area contributed by atoms with Crippen LogP contribution in [0.4, 0.5) is 5.69 Å². The maximum absolute atomic E-state index is 11.8. The van der Waals surface area contributed by atoms with E-state index in [0.717, 1.165) is 5.69 Å². The molecule has 0 spiro atoms. The Bertz CT molecular complexity index is 766. The quantitative estimate of drug-likeness (QED) is 0.326. The molecule has 0 aliphatic rings. The molecule has 8 heteroatoms. The topological polar surface area (TPSA) is 83.0 Å². The predicted octanol–water partition coefficient (Wildman–Crippen LogP) is 3.61. The van der Waals surface area contributed by atoms with Crippen LogP contribution in [0.1, 0.15) is 12.5 Å². The van der Waals surface area contributed by atoms with Crippen molar-refractivity contribution in [1.29, 1.82) is 0 Å². The van der Waals surface area contributed by atoms with Crippen molar-refractivity contribution in [2.24, 2.45) is 5.10 Å². The molecular weight excluding hydrogens is 457 g/mol. The molecule has 25 heavy (non-hydrogen) atoms. The van der Waals surface area contributed by atoms with Gasteiger partial charge in [0.15, 0.2) is 11.5 Å². The number of halogens is 2. The lowest BCUT2D eigenvalue weighted by Gasteiger charge is -2.08. The van der Waals surface area contributed by atoms with E-state index in [1.807, 2.05) is 29.5 Å². The van der Waals surface area contributed by atoms with Crippen molar-refractivity contribution in [3.63, 3.8) is 0 Å². The summed E-state index contributed by atoms with van der Waals surface area (Å²) in [5, 5.41) is 17.4. The Morgan fingerprint density at radius 3 is 2.76 bits per heavy atom. The fraction of sp³-hybridized carbons (Fsp3) is 0.176. The number of phenolic OH excluding ortho intramolecular Hbond substituents is 1. The van der Waals surface area contributed by atoms with Crippen LogP contribution < -0.4 is 15.5 Å². The number of phenols is 1. The van der Waals surface area contributed by atoms with Crippen molar-refractivity contribution in [1.82, 2.24) is 5.43 Å². The number of carbonyl (C=O) groups excluding carboxylic acids is 1. The largest absolute Gasteiger partial charge is 0.504 e. The lowest BCUT2D eigenvalue weighted by molar-refractivity contribution is -0.119. The van der Waals surface area contributed by atoms with Gasteiger partial charge in [-0.15, -0.1) is 0 Å². The normalized spacial score (nSPS) is 10.7. The first-order chi connectivity index (χ1) is 12.0. The van der Waals surface area contributed by atoms with Crippen molar-refractivity contribution in [2.75, 3.05) is 18.5 Å². The van der Waals surface area contributed by atoms with E-state index in [4.69, 9.17) is 16.3 Å². The van der Waals surface area contributed by atoms with Crippen LogP contribution in [0.15, 0.2) is 41.5 Å². The molecule has 0 fully saturated rings. The molecule has 0 aliphatic heterocycles. The van der Waals surface area contributed by atoms with E-state index in [2.05, 4.69) is 15.8 Å². The van der Waals surface area contributed by atoms with Crippen LogP contribution in [0.3, 0.4) is 0 Å². The number of hydrogen-bond donors (Lipinski definition) is 3. The number of benzene rings is 2. The van der Waals surface area contributed by atoms with Crippen LogP contribution in [0.5, 0.6) is 11.5 Å². The summed E-state index contributed by atoms with van der Waals surface area (Å²) >= 11 is 7.81. The van der Waals surface area contributed by atoms with Gasteiger partial charge >= 0.3 is 0 Å². The van der Waals surface area contributed by atoms with Gasteiger partial charge in [-0.3, -0.25) is 4.79 Å². The Kier molecular flexibility index (Phi) is 7.32. The van der Waals surface area contributed by atoms with Gasteiger partial charge in [0.2, 0.25) is 0 Å². The molecule has 0 aromatic heterocycles. The molecule has 2 aromatic carbocycles. The first kappa shape index (κ1) is 19.3. The van der Waals surface area contributed by atoms with Crippen LogP contribution in [0, 0.1) is 3.57 Å². The van der Waals surface area contributed by atoms with Gasteiger partial charge < -0.3 is 15.2 Å². The van der Waals surface area contributed by atoms with Gasteiger partial charge in [-0.05, 0) is 71.5 Å². The molecule has 0 bridgehead atoms. The van der Waals surface area contributed by atoms with Crippen LogP contribution in [0.2, 0.25) is 5.02 Å². The van der Waals surface area contributed by atoms with Gasteiger partial charge in [0.05, 0.1) is 22.9 Å². The van der Waals surface area contributed by atoms with Crippen molar-refractivity contribution in [2.45, 2.75) is 6.92 Å². The summed E-state index contributed by atoms with van der Waals surface area (Å²) in [6.45, 7) is 2.36. The average molecular weight is 474 g/mol. The SMILES string of the molecule is CCOc1cc(/C=N\NC(=O)CNc2ccc(Cl)cc2)cc(I)c1O. The third kappa shape index (κ3) is 6.09. The minimum atomic E-state index is -0.287. The standard InChI is InChI=1S/C17H17ClIN3O3/c1-2-25-15-8-11(7-14(19)17(15)24)9-21-22-16(23)10-20-13-5-3-12(18)4-6-13/h3-9,20,24H,2,10H2,1H3,(H,22,23)/b21-9-. The monoisotopic (exact) mass is 473 g/mol. The maximum Gasteiger partial charge on any atom is 0.259 e. The summed E-state index contributed by atoms with van der Waals surface area (Å²) < 4.78 is 6.00. The minimum Gasteiger partial charge on any atom is -0.504 e. The summed E-state index contributed by atoms with van der Waals surface area (Å²) in [5.41, 5.74) is 3.93. The van der Waals surface area contributed by atoms with Crippen molar-refractivity contribution in [3.8, 4) is 11.5 Å². The number of nitrogens with one attached hydrogen (secondary N) is 2. The van der Waals surface area contributed by atoms with E-state index in [9.17, 15) is 9.90 Å². The Hall–Kier alpha value is -2.00. The van der Waals surface area contributed by atoms with E-state index >= 15 is 0 Å². The number of amides is 1. The molecule has 0 saturated carbocycles. The zero-order chi connectivity index (χ0) is 18.2. The molecule has 132 valence electrons. The molecule has 0 unspecified atom stereocenters. The first-order valence-electron chi connectivity index (χ1n) is 7.46. The molecule has 3 N–H and O–H groups in total. The highest BCUT2D eigenvalue weighted by atomic mass is 127. The highest BCUT2D eigenvalue weighted by Crippen LogP contribution is 2.32. The van der Waals surface area contributed by atoms with Crippen LogP contribution in [-0.2, 0) is 4.79 Å². The van der Waals surface area contributed by atoms with Gasteiger partial charge in [0.25, 0.3) is 5.91 Å². The van der Waals surface area contributed by atoms with Crippen molar-refractivity contribution >= 4 is 52.0 Å². The summed E-state index contributed by atoms with van der Waals surface area (Å²) in [6.07, 6.45) is 1.49. The van der Waals surface area contributed by atoms with Crippen LogP contribution in [0.25, 0.3) is 0 Å². The number of aromatic hydroxyl groups is 1. The first-order valence-corrected chi connectivity index (χ1v) is 8.92. The number of anilines is 1. The zero-order valence-corrected chi connectivity index (χ0v) is 16.3. The Labute approximate surface area is 164 Å².